The van der Waals surface area contributed by atoms with Gasteiger partial charge in [0.05, 0.1) is 124 Å². The summed E-state index contributed by atoms with van der Waals surface area (Å²) < 4.78 is 202. The molecule has 22 rings (SSSR count). The van der Waals surface area contributed by atoms with Crippen molar-refractivity contribution in [3.63, 3.8) is 0 Å². The summed E-state index contributed by atoms with van der Waals surface area (Å²) in [7, 11) is -12.6. The number of benzene rings is 4. The molecule has 136 heavy (non-hydrogen) atoms. The first-order valence-corrected chi connectivity index (χ1v) is 52.0. The lowest BCUT2D eigenvalue weighted by Gasteiger charge is -2.37. The van der Waals surface area contributed by atoms with Gasteiger partial charge in [0.15, 0.2) is 36.3 Å². The lowest BCUT2D eigenvalue weighted by molar-refractivity contribution is 0.241. The smallest absolute Gasteiger partial charge is 0.247 e. The normalized spacial score (nSPS) is 23.0. The Bertz CT molecular complexity index is 7290. The van der Waals surface area contributed by atoms with Gasteiger partial charge in [0.2, 0.25) is 15.0 Å². The molecule has 0 aliphatic heterocycles. The summed E-state index contributed by atoms with van der Waals surface area (Å²) in [6.07, 6.45) is 19.4. The summed E-state index contributed by atoms with van der Waals surface area (Å²) in [6, 6.07) is 36.2. The SMILES string of the molecule is C=S(C)(=O)Cn1cnc(-c2nccc([C@@]34CC[C@@H](c5cc(-c6c(F)cccc6F)nnc53)C4(C)C)n2)c1.CC1(C)[C@H]2CC[C@]1(c1cccc(-c3ncn(CS(C)(=O)=O)n3)n1)c1nnc(-c3c(F)cccc3F)cc12.CC1(C)[C@H]2CC[C@]1(c1cccc(S(C)(=O)=O)n1)c1nnc(-c3c(F)cccc3F)cc12.CC1(C)[C@H]2CC[C@]1(c1ccnc(S(C)(=O)=O)n1)c1nnc(-c3c(F)cccc3F)cc12. The molecule has 0 radical (unpaired) electrons. The number of aromatic nitrogens is 19. The minimum Gasteiger partial charge on any atom is -0.325 e. The Labute approximate surface area is 779 Å². The van der Waals surface area contributed by atoms with Crippen molar-refractivity contribution in [1.82, 2.24) is 95.0 Å². The molecular weight excluding hydrogens is 1840 g/mol. The summed E-state index contributed by atoms with van der Waals surface area (Å²) in [6.45, 7) is 17.1. The largest absolute Gasteiger partial charge is 0.325 e. The van der Waals surface area contributed by atoms with Gasteiger partial charge in [0.1, 0.15) is 70.1 Å². The molecule has 10 heterocycles. The molecule has 4 saturated carbocycles. The molecule has 0 N–H and O–H groups in total. The predicted octanol–water partition coefficient (Wildman–Crippen LogP) is 17.1. The van der Waals surface area contributed by atoms with Crippen molar-refractivity contribution in [3.8, 4) is 68.1 Å². The highest BCUT2D eigenvalue weighted by atomic mass is 32.2. The molecule has 0 amide bonds. The van der Waals surface area contributed by atoms with E-state index in [4.69, 9.17) is 9.97 Å². The average Bonchev–Trinajstić information content (AvgIpc) is 1.53. The highest BCUT2D eigenvalue weighted by Crippen LogP contribution is 2.74. The molecule has 8 aliphatic carbocycles. The first kappa shape index (κ1) is 92.4. The van der Waals surface area contributed by atoms with E-state index >= 15 is 0 Å². The van der Waals surface area contributed by atoms with Crippen LogP contribution in [0.3, 0.4) is 0 Å². The number of sulfone groups is 3. The molecule has 38 heteroatoms. The molecular formula is C98H91F8N19O7S4. The van der Waals surface area contributed by atoms with Crippen LogP contribution in [0.25, 0.3) is 68.1 Å². The van der Waals surface area contributed by atoms with E-state index < -0.39 is 107 Å². The van der Waals surface area contributed by atoms with E-state index in [1.54, 1.807) is 72.0 Å². The number of imidazole rings is 1. The lowest BCUT2D eigenvalue weighted by Crippen LogP contribution is -2.38. The highest BCUT2D eigenvalue weighted by molar-refractivity contribution is 7.98. The van der Waals surface area contributed by atoms with E-state index in [0.717, 1.165) is 115 Å². The molecule has 8 aliphatic rings. The standard InChI is InChI=1S/C27H26F2N6OS.C26H24F2N6O2S.C23H21F2N3O2S.C22H20F2N4O2S/c1-26(2)17-8-10-27(26,24-16(17)12-20(33-34-24)23-18(28)6-5-7-19(23)29)22-9-11-30-25(32-22)21-13-35(14-31-21)15-37(3,4)36;1-25(2)16-10-11-26(25,23-15(16)12-20(31-32-23)22-17(27)6-4-7-18(22)28)21-9-5-8-19(30-21)24-29-13-34(33-24)14-37(3,35)36;1-22(2)14-10-11-23(22,18-8-5-9-19(26-18)31(3,29)30)21-13(14)12-17(27-28-21)20-15(24)6-4-7-16(20)25;1-21(2)13-7-9-22(21,17-8-10-25-20(26-17)31(3,29)30)19-12(13)11-16(27-28-19)18-14(23)5-4-6-15(18)24/h5-7,9,11-14,17H,3,8,10,15H2,1-2,4H3;4-9,12-13,16H,10-11,14H2,1-3H3;4-9,12,14H,10-11H2,1-3H3;4-6,8,10-11,13H,7,9H2,1-3H3/t17-,27-,37?;16-,26-;14-,23-;13-,22-/m0000/s1. The van der Waals surface area contributed by atoms with Crippen molar-refractivity contribution in [2.45, 2.75) is 174 Å². The third kappa shape index (κ3) is 14.6. The molecule has 0 saturated heterocycles. The van der Waals surface area contributed by atoms with Crippen LogP contribution in [0.1, 0.15) is 198 Å². The molecule has 4 aromatic carbocycles. The molecule has 700 valence electrons. The van der Waals surface area contributed by atoms with Gasteiger partial charge < -0.3 is 4.57 Å². The minimum atomic E-state index is -3.58. The van der Waals surface area contributed by atoms with Crippen molar-refractivity contribution in [1.29, 1.82) is 0 Å². The van der Waals surface area contributed by atoms with Crippen LogP contribution in [0, 0.1) is 68.2 Å². The van der Waals surface area contributed by atoms with Crippen molar-refractivity contribution in [2.24, 2.45) is 21.7 Å². The van der Waals surface area contributed by atoms with Crippen LogP contribution in [0.2, 0.25) is 0 Å². The fourth-order valence-corrected chi connectivity index (χ4v) is 26.2. The summed E-state index contributed by atoms with van der Waals surface area (Å²) in [4.78, 5) is 35.9. The second-order valence-corrected chi connectivity index (χ2v) is 47.6. The van der Waals surface area contributed by atoms with Gasteiger partial charge in [-0.05, 0) is 244 Å². The van der Waals surface area contributed by atoms with Gasteiger partial charge in [0.25, 0.3) is 0 Å². The van der Waals surface area contributed by atoms with Crippen LogP contribution in [0.5, 0.6) is 0 Å². The van der Waals surface area contributed by atoms with E-state index in [-0.39, 0.29) is 112 Å². The zero-order valence-corrected chi connectivity index (χ0v) is 79.1. The van der Waals surface area contributed by atoms with E-state index in [9.17, 15) is 64.6 Å². The van der Waals surface area contributed by atoms with Crippen LogP contribution < -0.4 is 0 Å². The number of rotatable bonds is 16. The molecule has 9 atom stereocenters. The lowest BCUT2D eigenvalue weighted by atomic mass is 9.66. The van der Waals surface area contributed by atoms with Gasteiger partial charge in [0, 0.05) is 43.6 Å². The topological polar surface area (TPSA) is 348 Å². The van der Waals surface area contributed by atoms with Gasteiger partial charge in [-0.1, -0.05) is 91.8 Å². The van der Waals surface area contributed by atoms with Crippen LogP contribution in [-0.2, 0) is 72.4 Å². The van der Waals surface area contributed by atoms with Crippen molar-refractivity contribution >= 4 is 44.9 Å². The van der Waals surface area contributed by atoms with Gasteiger partial charge in [-0.2, -0.15) is 20.4 Å². The quantitative estimate of drug-likeness (QED) is 0.0492. The van der Waals surface area contributed by atoms with Crippen molar-refractivity contribution in [2.75, 3.05) is 25.0 Å². The van der Waals surface area contributed by atoms with Crippen LogP contribution in [-0.4, -0.2) is 155 Å². The van der Waals surface area contributed by atoms with Gasteiger partial charge >= 0.3 is 0 Å². The summed E-state index contributed by atoms with van der Waals surface area (Å²) >= 11 is 0. The molecule has 1 unspecified atom stereocenters. The highest BCUT2D eigenvalue weighted by Gasteiger charge is 2.69. The van der Waals surface area contributed by atoms with E-state index in [2.05, 4.69) is 137 Å². The van der Waals surface area contributed by atoms with Crippen LogP contribution in [0.15, 0.2) is 187 Å². The maximum atomic E-state index is 14.5. The number of nitrogens with zero attached hydrogens (tertiary/aromatic N) is 19. The Kier molecular flexibility index (Phi) is 22.1. The Morgan fingerprint density at radius 1 is 0.353 bits per heavy atom. The Balaban J connectivity index is 0.000000117. The third-order valence-corrected chi connectivity index (χ3v) is 33.5. The second kappa shape index (κ2) is 32.5. The van der Waals surface area contributed by atoms with E-state index in [0.29, 0.717) is 45.8 Å². The Hall–Kier alpha value is -12.7. The zero-order valence-electron chi connectivity index (χ0n) is 75.8. The van der Waals surface area contributed by atoms with Crippen LogP contribution in [0.4, 0.5) is 35.1 Å². The Morgan fingerprint density at radius 3 is 1.06 bits per heavy atom. The molecule has 10 aromatic heterocycles. The molecule has 0 spiro atoms. The number of hydrogen-bond donors (Lipinski definition) is 0. The summed E-state index contributed by atoms with van der Waals surface area (Å²) in [5.41, 5.74) is 6.92. The van der Waals surface area contributed by atoms with Crippen molar-refractivity contribution < 1.29 is 64.6 Å². The van der Waals surface area contributed by atoms with Crippen LogP contribution >= 0.6 is 0 Å². The van der Waals surface area contributed by atoms with E-state index in [1.807, 2.05) is 24.3 Å². The molecule has 26 nitrogen and oxygen atoms in total. The minimum absolute atomic E-state index is 0.0186. The number of fused-ring (bicyclic) bond motifs is 20. The molecule has 14 aromatic rings. The number of halogens is 8. The fourth-order valence-electron chi connectivity index (χ4n) is 23.7. The Morgan fingerprint density at radius 2 is 0.699 bits per heavy atom. The number of hydrogen-bond acceptors (Lipinski definition) is 24. The van der Waals surface area contributed by atoms with E-state index in [1.165, 1.54) is 96.1 Å². The fraction of sp³-hybridized carbons (Fsp3) is 0.347. The van der Waals surface area contributed by atoms with Gasteiger partial charge in [-0.25, -0.2) is 105 Å². The number of pyridine rings is 2. The average molecular weight is 1930 g/mol. The summed E-state index contributed by atoms with van der Waals surface area (Å²) in [5.74, 6) is -0.550. The monoisotopic (exact) mass is 1930 g/mol. The second-order valence-electron chi connectivity index (χ2n) is 38.9. The maximum Gasteiger partial charge on any atom is 0.247 e. The molecule has 4 fully saturated rings. The zero-order chi connectivity index (χ0) is 96.7. The first-order chi connectivity index (χ1) is 64.2. The summed E-state index contributed by atoms with van der Waals surface area (Å²) in [5, 5.41) is 39.1. The maximum absolute atomic E-state index is 14.5. The molecule has 8 bridgehead atoms. The third-order valence-electron chi connectivity index (χ3n) is 30.0. The van der Waals surface area contributed by atoms with Gasteiger partial charge in [-0.15, -0.1) is 25.5 Å². The van der Waals surface area contributed by atoms with Gasteiger partial charge in [-0.3, -0.25) is 4.21 Å². The predicted molar refractivity (Wildman–Crippen MR) is 491 cm³/mol. The van der Waals surface area contributed by atoms with Crippen molar-refractivity contribution in [3.05, 3.63) is 291 Å². The first-order valence-electron chi connectivity index (χ1n) is 43.9.